The second-order valence-electron chi connectivity index (χ2n) is 5.47. The molecule has 0 spiro atoms. The number of hydrogen-bond donors (Lipinski definition) is 2. The Balaban J connectivity index is 2.36. The van der Waals surface area contributed by atoms with Crippen LogP contribution in [-0.4, -0.2) is 0 Å². The minimum absolute atomic E-state index is 0.252. The number of aryl methyl sites for hydroxylation is 3. The smallest absolute Gasteiger partial charge is 0.129 e. The van der Waals surface area contributed by atoms with Crippen molar-refractivity contribution in [2.24, 2.45) is 5.84 Å². The van der Waals surface area contributed by atoms with E-state index in [1.807, 2.05) is 6.07 Å². The second kappa shape index (κ2) is 6.69. The highest BCUT2D eigenvalue weighted by Crippen LogP contribution is 2.26. The molecule has 4 heteroatoms. The predicted molar refractivity (Wildman–Crippen MR) is 88.5 cm³/mol. The van der Waals surface area contributed by atoms with E-state index in [0.717, 1.165) is 4.47 Å². The third-order valence-corrected chi connectivity index (χ3v) is 4.28. The molecule has 2 aromatic carbocycles. The van der Waals surface area contributed by atoms with Crippen LogP contribution in [0.15, 0.2) is 34.8 Å². The van der Waals surface area contributed by atoms with Crippen LogP contribution < -0.4 is 11.3 Å². The van der Waals surface area contributed by atoms with Crippen LogP contribution in [0.2, 0.25) is 0 Å². The van der Waals surface area contributed by atoms with Gasteiger partial charge in [-0.05, 0) is 56.0 Å². The lowest BCUT2D eigenvalue weighted by atomic mass is 9.92. The van der Waals surface area contributed by atoms with Crippen molar-refractivity contribution in [3.05, 3.63) is 68.4 Å². The maximum absolute atomic E-state index is 14.1. The van der Waals surface area contributed by atoms with Gasteiger partial charge >= 0.3 is 0 Å². The SMILES string of the molecule is Cc1cc(C)c(CC(NN)c2ccc(Br)cc2F)c(C)c1. The quantitative estimate of drug-likeness (QED) is 0.638. The van der Waals surface area contributed by atoms with Gasteiger partial charge in [0, 0.05) is 10.0 Å². The lowest BCUT2D eigenvalue weighted by molar-refractivity contribution is 0.509. The normalized spacial score (nSPS) is 12.5. The number of hydrogen-bond acceptors (Lipinski definition) is 2. The fraction of sp³-hybridized carbons (Fsp3) is 0.294. The van der Waals surface area contributed by atoms with Gasteiger partial charge in [-0.3, -0.25) is 11.3 Å². The van der Waals surface area contributed by atoms with Crippen LogP contribution in [0.4, 0.5) is 4.39 Å². The Hall–Kier alpha value is -1.23. The van der Waals surface area contributed by atoms with Crippen molar-refractivity contribution < 1.29 is 4.39 Å². The molecule has 0 aliphatic rings. The molecule has 0 amide bonds. The highest BCUT2D eigenvalue weighted by atomic mass is 79.9. The number of hydrazine groups is 1. The maximum atomic E-state index is 14.1. The molecule has 21 heavy (non-hydrogen) atoms. The molecular formula is C17H20BrFN2. The van der Waals surface area contributed by atoms with E-state index in [1.165, 1.54) is 28.3 Å². The van der Waals surface area contributed by atoms with E-state index >= 15 is 0 Å². The van der Waals surface area contributed by atoms with Gasteiger partial charge in [0.1, 0.15) is 5.82 Å². The standard InChI is InChI=1S/C17H20BrFN2/c1-10-6-11(2)15(12(3)7-10)9-17(21-20)14-5-4-13(18)8-16(14)19/h4-8,17,21H,9,20H2,1-3H3. The molecule has 1 unspecified atom stereocenters. The molecule has 0 fully saturated rings. The third-order valence-electron chi connectivity index (χ3n) is 3.79. The molecule has 0 radical (unpaired) electrons. The third kappa shape index (κ3) is 3.70. The van der Waals surface area contributed by atoms with Gasteiger partial charge in [-0.25, -0.2) is 4.39 Å². The van der Waals surface area contributed by atoms with Crippen LogP contribution in [0, 0.1) is 26.6 Å². The minimum Gasteiger partial charge on any atom is -0.271 e. The van der Waals surface area contributed by atoms with E-state index in [9.17, 15) is 4.39 Å². The lowest BCUT2D eigenvalue weighted by Gasteiger charge is -2.20. The average molecular weight is 351 g/mol. The van der Waals surface area contributed by atoms with E-state index < -0.39 is 0 Å². The summed E-state index contributed by atoms with van der Waals surface area (Å²) in [5.74, 6) is 5.41. The summed E-state index contributed by atoms with van der Waals surface area (Å²) in [5, 5.41) is 0. The first-order chi connectivity index (χ1) is 9.92. The number of halogens is 2. The van der Waals surface area contributed by atoms with Crippen molar-refractivity contribution in [1.29, 1.82) is 0 Å². The van der Waals surface area contributed by atoms with Gasteiger partial charge in [0.15, 0.2) is 0 Å². The number of rotatable bonds is 4. The summed E-state index contributed by atoms with van der Waals surface area (Å²) in [7, 11) is 0. The van der Waals surface area contributed by atoms with Gasteiger partial charge in [0.05, 0.1) is 6.04 Å². The van der Waals surface area contributed by atoms with Crippen LogP contribution in [0.1, 0.15) is 33.9 Å². The Morgan fingerprint density at radius 3 is 2.29 bits per heavy atom. The molecule has 0 heterocycles. The summed E-state index contributed by atoms with van der Waals surface area (Å²) in [5.41, 5.74) is 8.20. The van der Waals surface area contributed by atoms with E-state index in [1.54, 1.807) is 6.07 Å². The van der Waals surface area contributed by atoms with Gasteiger partial charge in [0.2, 0.25) is 0 Å². The van der Waals surface area contributed by atoms with Crippen LogP contribution >= 0.6 is 15.9 Å². The Morgan fingerprint density at radius 2 is 1.76 bits per heavy atom. The fourth-order valence-electron chi connectivity index (χ4n) is 2.78. The van der Waals surface area contributed by atoms with Crippen LogP contribution in [0.5, 0.6) is 0 Å². The van der Waals surface area contributed by atoms with E-state index in [2.05, 4.69) is 54.3 Å². The Bertz CT molecular complexity index is 632. The molecule has 0 aliphatic heterocycles. The minimum atomic E-state index is -0.255. The zero-order valence-corrected chi connectivity index (χ0v) is 14.1. The molecule has 1 atom stereocenters. The number of nitrogens with one attached hydrogen (secondary N) is 1. The van der Waals surface area contributed by atoms with Crippen molar-refractivity contribution in [2.45, 2.75) is 33.2 Å². The van der Waals surface area contributed by atoms with Crippen molar-refractivity contribution in [2.75, 3.05) is 0 Å². The largest absolute Gasteiger partial charge is 0.271 e. The summed E-state index contributed by atoms with van der Waals surface area (Å²) >= 11 is 3.27. The van der Waals surface area contributed by atoms with Crippen molar-refractivity contribution in [1.82, 2.24) is 5.43 Å². The van der Waals surface area contributed by atoms with Gasteiger partial charge < -0.3 is 0 Å². The molecule has 2 rings (SSSR count). The summed E-state index contributed by atoms with van der Waals surface area (Å²) in [6.45, 7) is 6.25. The van der Waals surface area contributed by atoms with E-state index in [0.29, 0.717) is 12.0 Å². The summed E-state index contributed by atoms with van der Waals surface area (Å²) in [6, 6.07) is 9.11. The Morgan fingerprint density at radius 1 is 1.14 bits per heavy atom. The highest BCUT2D eigenvalue weighted by Gasteiger charge is 2.17. The molecule has 2 aromatic rings. The summed E-state index contributed by atoms with van der Waals surface area (Å²) in [6.07, 6.45) is 0.660. The molecule has 2 nitrogen and oxygen atoms in total. The summed E-state index contributed by atoms with van der Waals surface area (Å²) < 4.78 is 14.9. The van der Waals surface area contributed by atoms with E-state index in [4.69, 9.17) is 5.84 Å². The fourth-order valence-corrected chi connectivity index (χ4v) is 3.11. The van der Waals surface area contributed by atoms with Gasteiger partial charge in [0.25, 0.3) is 0 Å². The predicted octanol–water partition coefficient (Wildman–Crippen LogP) is 4.26. The molecule has 0 saturated heterocycles. The number of benzene rings is 2. The van der Waals surface area contributed by atoms with E-state index in [-0.39, 0.29) is 11.9 Å². The maximum Gasteiger partial charge on any atom is 0.129 e. The van der Waals surface area contributed by atoms with Gasteiger partial charge in [-0.15, -0.1) is 0 Å². The molecule has 0 saturated carbocycles. The Labute approximate surface area is 133 Å². The average Bonchev–Trinajstić information content (AvgIpc) is 2.39. The first-order valence-electron chi connectivity index (χ1n) is 6.90. The van der Waals surface area contributed by atoms with Gasteiger partial charge in [-0.1, -0.05) is 39.7 Å². The molecule has 112 valence electrons. The monoisotopic (exact) mass is 350 g/mol. The lowest BCUT2D eigenvalue weighted by Crippen LogP contribution is -2.30. The van der Waals surface area contributed by atoms with Crippen molar-refractivity contribution >= 4 is 15.9 Å². The number of nitrogens with two attached hydrogens (primary N) is 1. The Kier molecular flexibility index (Phi) is 5.14. The van der Waals surface area contributed by atoms with Crippen molar-refractivity contribution in [3.8, 4) is 0 Å². The zero-order chi connectivity index (χ0) is 15.6. The van der Waals surface area contributed by atoms with Crippen LogP contribution in [-0.2, 0) is 6.42 Å². The molecule has 0 bridgehead atoms. The van der Waals surface area contributed by atoms with Crippen LogP contribution in [0.3, 0.4) is 0 Å². The second-order valence-corrected chi connectivity index (χ2v) is 6.38. The van der Waals surface area contributed by atoms with Crippen LogP contribution in [0.25, 0.3) is 0 Å². The topological polar surface area (TPSA) is 38.0 Å². The molecular weight excluding hydrogens is 331 g/mol. The van der Waals surface area contributed by atoms with Crippen molar-refractivity contribution in [3.63, 3.8) is 0 Å². The first-order valence-corrected chi connectivity index (χ1v) is 7.69. The zero-order valence-electron chi connectivity index (χ0n) is 12.5. The molecule has 0 aliphatic carbocycles. The summed E-state index contributed by atoms with van der Waals surface area (Å²) in [4.78, 5) is 0. The first kappa shape index (κ1) is 16.1. The molecule has 3 N–H and O–H groups in total. The van der Waals surface area contributed by atoms with Gasteiger partial charge in [-0.2, -0.15) is 0 Å². The molecule has 0 aromatic heterocycles. The highest BCUT2D eigenvalue weighted by molar-refractivity contribution is 9.10.